The van der Waals surface area contributed by atoms with Gasteiger partial charge in [0.1, 0.15) is 5.82 Å². The first kappa shape index (κ1) is 15.6. The highest BCUT2D eigenvalue weighted by Crippen LogP contribution is 2.24. The molecule has 1 aromatic rings. The van der Waals surface area contributed by atoms with Gasteiger partial charge in [0.2, 0.25) is 0 Å². The van der Waals surface area contributed by atoms with Crippen molar-refractivity contribution in [2.75, 3.05) is 37.7 Å². The largest absolute Gasteiger partial charge is 0.399 e. The summed E-state index contributed by atoms with van der Waals surface area (Å²) in [4.78, 5) is 3.31. The number of morpholine rings is 1. The van der Waals surface area contributed by atoms with Crippen molar-refractivity contribution in [3.05, 3.63) is 24.0 Å². The zero-order valence-corrected chi connectivity index (χ0v) is 13.0. The van der Waals surface area contributed by atoms with Crippen molar-refractivity contribution in [1.29, 1.82) is 0 Å². The maximum Gasteiger partial charge on any atom is 0.126 e. The molecule has 3 nitrogen and oxygen atoms in total. The van der Waals surface area contributed by atoms with E-state index in [2.05, 4.69) is 18.7 Å². The van der Waals surface area contributed by atoms with Crippen LogP contribution in [0.25, 0.3) is 0 Å². The van der Waals surface area contributed by atoms with E-state index in [1.165, 1.54) is 12.1 Å². The molecule has 1 aromatic carbocycles. The van der Waals surface area contributed by atoms with Gasteiger partial charge >= 0.3 is 0 Å². The van der Waals surface area contributed by atoms with Gasteiger partial charge in [-0.1, -0.05) is 13.8 Å². The van der Waals surface area contributed by atoms with Crippen LogP contribution in [0, 0.1) is 11.7 Å². The number of halogens is 1. The first-order valence-electron chi connectivity index (χ1n) is 7.06. The van der Waals surface area contributed by atoms with E-state index in [9.17, 15) is 4.39 Å². The minimum atomic E-state index is -0.279. The van der Waals surface area contributed by atoms with Crippen molar-refractivity contribution >= 4 is 17.4 Å². The third kappa shape index (κ3) is 4.96. The summed E-state index contributed by atoms with van der Waals surface area (Å²) in [6.45, 7) is 8.31. The molecular formula is C15H23FN2OS. The Morgan fingerprint density at radius 1 is 1.45 bits per heavy atom. The lowest BCUT2D eigenvalue weighted by Gasteiger charge is -2.33. The number of hydrogen-bond donors (Lipinski definition) is 1. The maximum absolute atomic E-state index is 13.3. The van der Waals surface area contributed by atoms with Crippen LogP contribution in [0.2, 0.25) is 0 Å². The molecular weight excluding hydrogens is 275 g/mol. The maximum atomic E-state index is 13.3. The average Bonchev–Trinajstić information content (AvgIpc) is 2.35. The lowest BCUT2D eigenvalue weighted by molar-refractivity contribution is -0.0191. The highest BCUT2D eigenvalue weighted by molar-refractivity contribution is 7.99. The van der Waals surface area contributed by atoms with E-state index in [1.807, 2.05) is 6.07 Å². The summed E-state index contributed by atoms with van der Waals surface area (Å²) in [5, 5.41) is 0. The molecule has 1 unspecified atom stereocenters. The van der Waals surface area contributed by atoms with Gasteiger partial charge in [0, 0.05) is 36.0 Å². The van der Waals surface area contributed by atoms with Gasteiger partial charge in [0.05, 0.1) is 12.7 Å². The fourth-order valence-electron chi connectivity index (χ4n) is 2.42. The van der Waals surface area contributed by atoms with Gasteiger partial charge in [-0.05, 0) is 24.1 Å². The Labute approximate surface area is 124 Å². The molecule has 0 aromatic heterocycles. The number of nitrogen functional groups attached to an aromatic ring is 1. The van der Waals surface area contributed by atoms with Crippen LogP contribution in [0.3, 0.4) is 0 Å². The number of rotatable bonds is 5. The highest BCUT2D eigenvalue weighted by Gasteiger charge is 2.21. The molecule has 1 saturated heterocycles. The second kappa shape index (κ2) is 7.29. The summed E-state index contributed by atoms with van der Waals surface area (Å²) in [7, 11) is 0. The molecule has 0 aliphatic carbocycles. The molecule has 1 aliphatic rings. The van der Waals surface area contributed by atoms with E-state index < -0.39 is 0 Å². The SMILES string of the molecule is CC(C)CN1CCOC(CSc2cc(N)cc(F)c2)C1. The summed E-state index contributed by atoms with van der Waals surface area (Å²) in [6.07, 6.45) is 0.206. The standard InChI is InChI=1S/C15H23FN2OS/c1-11(2)8-18-3-4-19-14(9-18)10-20-15-6-12(16)5-13(17)7-15/h5-7,11,14H,3-4,8-10,17H2,1-2H3. The van der Waals surface area contributed by atoms with E-state index in [1.54, 1.807) is 11.8 Å². The molecule has 0 radical (unpaired) electrons. The van der Waals surface area contributed by atoms with Crippen LogP contribution in [-0.2, 0) is 4.74 Å². The molecule has 20 heavy (non-hydrogen) atoms. The third-order valence-corrected chi connectivity index (χ3v) is 4.28. The van der Waals surface area contributed by atoms with Crippen molar-refractivity contribution in [3.8, 4) is 0 Å². The summed E-state index contributed by atoms with van der Waals surface area (Å²) >= 11 is 1.60. The van der Waals surface area contributed by atoms with Crippen molar-refractivity contribution in [2.24, 2.45) is 5.92 Å². The normalized spacial score (nSPS) is 20.5. The number of nitrogens with two attached hydrogens (primary N) is 1. The van der Waals surface area contributed by atoms with Crippen LogP contribution < -0.4 is 5.73 Å². The molecule has 2 N–H and O–H groups in total. The fourth-order valence-corrected chi connectivity index (χ4v) is 3.42. The minimum absolute atomic E-state index is 0.206. The number of thioether (sulfide) groups is 1. The molecule has 0 bridgehead atoms. The van der Waals surface area contributed by atoms with Crippen LogP contribution >= 0.6 is 11.8 Å². The molecule has 1 fully saturated rings. The van der Waals surface area contributed by atoms with Crippen molar-refractivity contribution in [3.63, 3.8) is 0 Å². The van der Waals surface area contributed by atoms with Crippen molar-refractivity contribution < 1.29 is 9.13 Å². The van der Waals surface area contributed by atoms with E-state index in [0.29, 0.717) is 11.6 Å². The highest BCUT2D eigenvalue weighted by atomic mass is 32.2. The Morgan fingerprint density at radius 3 is 2.95 bits per heavy atom. The van der Waals surface area contributed by atoms with Crippen LogP contribution in [-0.4, -0.2) is 43.0 Å². The van der Waals surface area contributed by atoms with E-state index in [-0.39, 0.29) is 11.9 Å². The Kier molecular flexibility index (Phi) is 5.69. The van der Waals surface area contributed by atoms with E-state index >= 15 is 0 Å². The molecule has 0 amide bonds. The van der Waals surface area contributed by atoms with Crippen LogP contribution in [0.1, 0.15) is 13.8 Å². The Bertz CT molecular complexity index is 422. The third-order valence-electron chi connectivity index (χ3n) is 3.18. The zero-order valence-electron chi connectivity index (χ0n) is 12.1. The smallest absolute Gasteiger partial charge is 0.126 e. The monoisotopic (exact) mass is 298 g/mol. The quantitative estimate of drug-likeness (QED) is 0.670. The molecule has 1 atom stereocenters. The second-order valence-corrected chi connectivity index (χ2v) is 6.77. The van der Waals surface area contributed by atoms with Crippen molar-refractivity contribution in [2.45, 2.75) is 24.8 Å². The number of nitrogens with zero attached hydrogens (tertiary/aromatic N) is 1. The Morgan fingerprint density at radius 2 is 2.25 bits per heavy atom. The zero-order chi connectivity index (χ0) is 14.5. The molecule has 112 valence electrons. The second-order valence-electron chi connectivity index (χ2n) is 5.68. The number of benzene rings is 1. The van der Waals surface area contributed by atoms with Gasteiger partial charge in [-0.2, -0.15) is 0 Å². The number of anilines is 1. The molecule has 2 rings (SSSR count). The Balaban J connectivity index is 1.84. The first-order chi connectivity index (χ1) is 9.52. The minimum Gasteiger partial charge on any atom is -0.399 e. The average molecular weight is 298 g/mol. The first-order valence-corrected chi connectivity index (χ1v) is 8.04. The van der Waals surface area contributed by atoms with Crippen LogP contribution in [0.15, 0.2) is 23.1 Å². The van der Waals surface area contributed by atoms with Crippen LogP contribution in [0.5, 0.6) is 0 Å². The lowest BCUT2D eigenvalue weighted by atomic mass is 10.2. The predicted octanol–water partition coefficient (Wildman–Crippen LogP) is 2.86. The Hall–Kier alpha value is -0.780. The van der Waals surface area contributed by atoms with E-state index in [4.69, 9.17) is 10.5 Å². The predicted molar refractivity (Wildman–Crippen MR) is 82.6 cm³/mol. The summed E-state index contributed by atoms with van der Waals surface area (Å²) in [5.41, 5.74) is 6.12. The van der Waals surface area contributed by atoms with Gasteiger partial charge in [-0.3, -0.25) is 4.90 Å². The summed E-state index contributed by atoms with van der Waals surface area (Å²) in [6, 6.07) is 4.67. The summed E-state index contributed by atoms with van der Waals surface area (Å²) < 4.78 is 19.1. The van der Waals surface area contributed by atoms with Crippen LogP contribution in [0.4, 0.5) is 10.1 Å². The van der Waals surface area contributed by atoms with Gasteiger partial charge in [0.15, 0.2) is 0 Å². The van der Waals surface area contributed by atoms with E-state index in [0.717, 1.165) is 36.9 Å². The lowest BCUT2D eigenvalue weighted by Crippen LogP contribution is -2.44. The van der Waals surface area contributed by atoms with Crippen molar-refractivity contribution in [1.82, 2.24) is 4.90 Å². The summed E-state index contributed by atoms with van der Waals surface area (Å²) in [5.74, 6) is 1.22. The molecule has 5 heteroatoms. The molecule has 1 aliphatic heterocycles. The molecule has 0 saturated carbocycles. The number of ether oxygens (including phenoxy) is 1. The van der Waals surface area contributed by atoms with Gasteiger partial charge in [0.25, 0.3) is 0 Å². The van der Waals surface area contributed by atoms with Gasteiger partial charge < -0.3 is 10.5 Å². The topological polar surface area (TPSA) is 38.5 Å². The molecule has 1 heterocycles. The molecule has 0 spiro atoms. The van der Waals surface area contributed by atoms with Gasteiger partial charge in [-0.15, -0.1) is 11.8 Å². The van der Waals surface area contributed by atoms with Gasteiger partial charge in [-0.25, -0.2) is 4.39 Å². The number of hydrogen-bond acceptors (Lipinski definition) is 4. The fraction of sp³-hybridized carbons (Fsp3) is 0.600.